The van der Waals surface area contributed by atoms with E-state index in [1.807, 2.05) is 47.0 Å². The van der Waals surface area contributed by atoms with Gasteiger partial charge in [0, 0.05) is 18.2 Å². The second-order valence-electron chi connectivity index (χ2n) is 6.61. The van der Waals surface area contributed by atoms with Crippen LogP contribution in [0.25, 0.3) is 28.0 Å². The highest BCUT2D eigenvalue weighted by atomic mass is 16.5. The highest BCUT2D eigenvalue weighted by molar-refractivity contribution is 5.77. The first kappa shape index (κ1) is 17.9. The van der Waals surface area contributed by atoms with E-state index in [0.29, 0.717) is 6.42 Å². The summed E-state index contributed by atoms with van der Waals surface area (Å²) < 4.78 is 6.76. The molecule has 4 aromatic rings. The number of benzene rings is 2. The van der Waals surface area contributed by atoms with Gasteiger partial charge in [0.2, 0.25) is 0 Å². The number of hydrogen-bond acceptors (Lipinski definition) is 4. The van der Waals surface area contributed by atoms with Crippen molar-refractivity contribution < 1.29 is 9.53 Å². The standard InChI is InChI=1S/C23H21N3O2/c1-28-23(27)19(24)15-20-22(25-21-9-5-6-14-26(20)21)18-12-10-17(11-13-18)16-7-3-2-4-8-16/h2-14,19H,15,24H2,1H3. The van der Waals surface area contributed by atoms with E-state index in [2.05, 4.69) is 36.4 Å². The molecule has 0 saturated carbocycles. The van der Waals surface area contributed by atoms with Crippen LogP contribution in [0.3, 0.4) is 0 Å². The van der Waals surface area contributed by atoms with Crippen LogP contribution < -0.4 is 5.73 Å². The Balaban J connectivity index is 1.75. The van der Waals surface area contributed by atoms with Crippen LogP contribution >= 0.6 is 0 Å². The molecule has 2 heterocycles. The molecule has 2 aromatic heterocycles. The molecule has 0 aliphatic carbocycles. The number of pyridine rings is 1. The molecule has 5 heteroatoms. The van der Waals surface area contributed by atoms with E-state index >= 15 is 0 Å². The van der Waals surface area contributed by atoms with Crippen LogP contribution in [0.1, 0.15) is 5.69 Å². The molecule has 140 valence electrons. The van der Waals surface area contributed by atoms with Gasteiger partial charge in [-0.1, -0.05) is 60.7 Å². The fourth-order valence-electron chi connectivity index (χ4n) is 3.37. The van der Waals surface area contributed by atoms with Crippen molar-refractivity contribution in [2.24, 2.45) is 5.73 Å². The smallest absolute Gasteiger partial charge is 0.323 e. The summed E-state index contributed by atoms with van der Waals surface area (Å²) in [6.07, 6.45) is 2.27. The first-order valence-electron chi connectivity index (χ1n) is 9.12. The van der Waals surface area contributed by atoms with Gasteiger partial charge in [-0.05, 0) is 23.3 Å². The van der Waals surface area contributed by atoms with Crippen LogP contribution in [-0.2, 0) is 16.0 Å². The fraction of sp³-hybridized carbons (Fsp3) is 0.130. The average molecular weight is 371 g/mol. The summed E-state index contributed by atoms with van der Waals surface area (Å²) in [5.74, 6) is -0.434. The lowest BCUT2D eigenvalue weighted by molar-refractivity contribution is -0.142. The van der Waals surface area contributed by atoms with Crippen LogP contribution in [0, 0.1) is 0 Å². The molecule has 4 rings (SSSR count). The summed E-state index contributed by atoms with van der Waals surface area (Å²) >= 11 is 0. The van der Waals surface area contributed by atoms with Gasteiger partial charge in [0.1, 0.15) is 11.7 Å². The van der Waals surface area contributed by atoms with Crippen molar-refractivity contribution in [2.45, 2.75) is 12.5 Å². The van der Waals surface area contributed by atoms with Crippen LogP contribution in [0.4, 0.5) is 0 Å². The first-order chi connectivity index (χ1) is 13.7. The van der Waals surface area contributed by atoms with Gasteiger partial charge in [-0.15, -0.1) is 0 Å². The number of rotatable bonds is 5. The Labute approximate surface area is 163 Å². The minimum Gasteiger partial charge on any atom is -0.468 e. The maximum absolute atomic E-state index is 11.8. The summed E-state index contributed by atoms with van der Waals surface area (Å²) in [4.78, 5) is 16.6. The van der Waals surface area contributed by atoms with Gasteiger partial charge in [-0.25, -0.2) is 4.98 Å². The molecular weight excluding hydrogens is 350 g/mol. The molecule has 5 nitrogen and oxygen atoms in total. The predicted molar refractivity (Wildman–Crippen MR) is 110 cm³/mol. The Morgan fingerprint density at radius 2 is 1.61 bits per heavy atom. The molecule has 1 unspecified atom stereocenters. The molecule has 28 heavy (non-hydrogen) atoms. The lowest BCUT2D eigenvalue weighted by Crippen LogP contribution is -2.34. The zero-order valence-electron chi connectivity index (χ0n) is 15.6. The quantitative estimate of drug-likeness (QED) is 0.543. The van der Waals surface area contributed by atoms with Crippen LogP contribution in [0.15, 0.2) is 79.0 Å². The van der Waals surface area contributed by atoms with Gasteiger partial charge >= 0.3 is 5.97 Å². The number of fused-ring (bicyclic) bond motifs is 1. The molecule has 0 radical (unpaired) electrons. The molecule has 0 saturated heterocycles. The normalized spacial score (nSPS) is 12.1. The molecular formula is C23H21N3O2. The summed E-state index contributed by atoms with van der Waals surface area (Å²) in [5, 5.41) is 0. The van der Waals surface area contributed by atoms with E-state index in [9.17, 15) is 4.79 Å². The third kappa shape index (κ3) is 3.40. The Morgan fingerprint density at radius 3 is 2.32 bits per heavy atom. The van der Waals surface area contributed by atoms with Gasteiger partial charge < -0.3 is 14.9 Å². The highest BCUT2D eigenvalue weighted by Crippen LogP contribution is 2.28. The van der Waals surface area contributed by atoms with E-state index in [1.54, 1.807) is 0 Å². The first-order valence-corrected chi connectivity index (χ1v) is 9.12. The zero-order valence-corrected chi connectivity index (χ0v) is 15.6. The predicted octanol–water partition coefficient (Wildman–Crippen LogP) is 3.71. The van der Waals surface area contributed by atoms with Crippen LogP contribution in [0.5, 0.6) is 0 Å². The maximum atomic E-state index is 11.8. The molecule has 0 fully saturated rings. The lowest BCUT2D eigenvalue weighted by Gasteiger charge is -2.11. The molecule has 2 N–H and O–H groups in total. The molecule has 0 amide bonds. The minimum atomic E-state index is -0.743. The van der Waals surface area contributed by atoms with Crippen molar-refractivity contribution in [1.29, 1.82) is 0 Å². The summed E-state index contributed by atoms with van der Waals surface area (Å²) in [7, 11) is 1.35. The number of hydrogen-bond donors (Lipinski definition) is 1. The molecule has 0 aliphatic rings. The van der Waals surface area contributed by atoms with E-state index < -0.39 is 12.0 Å². The van der Waals surface area contributed by atoms with Crippen molar-refractivity contribution in [1.82, 2.24) is 9.38 Å². The maximum Gasteiger partial charge on any atom is 0.323 e. The largest absolute Gasteiger partial charge is 0.468 e. The lowest BCUT2D eigenvalue weighted by atomic mass is 10.0. The number of methoxy groups -OCH3 is 1. The van der Waals surface area contributed by atoms with Crippen molar-refractivity contribution in [3.8, 4) is 22.4 Å². The Kier molecular flexibility index (Phi) is 4.91. The Morgan fingerprint density at radius 1 is 0.964 bits per heavy atom. The number of nitrogens with two attached hydrogens (primary N) is 1. The van der Waals surface area contributed by atoms with Gasteiger partial charge in [0.25, 0.3) is 0 Å². The van der Waals surface area contributed by atoms with Gasteiger partial charge in [-0.2, -0.15) is 0 Å². The number of imidazole rings is 1. The number of esters is 1. The minimum absolute atomic E-state index is 0.341. The summed E-state index contributed by atoms with van der Waals surface area (Å²) in [5.41, 5.74) is 11.9. The second-order valence-corrected chi connectivity index (χ2v) is 6.61. The fourth-order valence-corrected chi connectivity index (χ4v) is 3.37. The van der Waals surface area contributed by atoms with Crippen molar-refractivity contribution in [2.75, 3.05) is 7.11 Å². The van der Waals surface area contributed by atoms with E-state index in [4.69, 9.17) is 15.5 Å². The number of ether oxygens (including phenoxy) is 1. The third-order valence-corrected chi connectivity index (χ3v) is 4.81. The molecule has 0 spiro atoms. The number of aromatic nitrogens is 2. The topological polar surface area (TPSA) is 69.6 Å². The van der Waals surface area contributed by atoms with Crippen LogP contribution in [0.2, 0.25) is 0 Å². The molecule has 2 aromatic carbocycles. The number of nitrogens with zero attached hydrogens (tertiary/aromatic N) is 2. The van der Waals surface area contributed by atoms with Gasteiger partial charge in [0.05, 0.1) is 18.5 Å². The van der Waals surface area contributed by atoms with Crippen molar-refractivity contribution in [3.05, 3.63) is 84.7 Å². The summed E-state index contributed by atoms with van der Waals surface area (Å²) in [6, 6.07) is 23.6. The molecule has 0 bridgehead atoms. The van der Waals surface area contributed by atoms with Crippen molar-refractivity contribution in [3.63, 3.8) is 0 Å². The number of carbonyl (C=O) groups is 1. The van der Waals surface area contributed by atoms with E-state index in [-0.39, 0.29) is 0 Å². The highest BCUT2D eigenvalue weighted by Gasteiger charge is 2.21. The van der Waals surface area contributed by atoms with Crippen LogP contribution in [-0.4, -0.2) is 28.5 Å². The van der Waals surface area contributed by atoms with E-state index in [1.165, 1.54) is 7.11 Å². The van der Waals surface area contributed by atoms with Crippen molar-refractivity contribution >= 4 is 11.6 Å². The third-order valence-electron chi connectivity index (χ3n) is 4.81. The average Bonchev–Trinajstić information content (AvgIpc) is 3.12. The Bertz CT molecular complexity index is 1100. The molecule has 0 aliphatic heterocycles. The van der Waals surface area contributed by atoms with Gasteiger partial charge in [-0.3, -0.25) is 4.79 Å². The van der Waals surface area contributed by atoms with Gasteiger partial charge in [0.15, 0.2) is 0 Å². The SMILES string of the molecule is COC(=O)C(N)Cc1c(-c2ccc(-c3ccccc3)cc2)nc2ccccn12. The number of carbonyl (C=O) groups excluding carboxylic acids is 1. The van der Waals surface area contributed by atoms with E-state index in [0.717, 1.165) is 33.7 Å². The zero-order chi connectivity index (χ0) is 19.5. The monoisotopic (exact) mass is 371 g/mol. The summed E-state index contributed by atoms with van der Waals surface area (Å²) in [6.45, 7) is 0. The molecule has 1 atom stereocenters. The Hall–Kier alpha value is -3.44. The second kappa shape index (κ2) is 7.66.